The molecule has 0 aromatic rings. The highest BCUT2D eigenvalue weighted by Gasteiger charge is 2.24. The van der Waals surface area contributed by atoms with Crippen LogP contribution in [0.2, 0.25) is 0 Å². The van der Waals surface area contributed by atoms with Crippen molar-refractivity contribution in [1.82, 2.24) is 5.32 Å². The first-order valence-corrected chi connectivity index (χ1v) is 4.20. The molecule has 1 aliphatic rings. The molecule has 1 aliphatic heterocycles. The number of carbonyl (C=O) groups excluding carboxylic acids is 1. The van der Waals surface area contributed by atoms with E-state index >= 15 is 0 Å². The van der Waals surface area contributed by atoms with Crippen LogP contribution in [0.25, 0.3) is 0 Å². The lowest BCUT2D eigenvalue weighted by atomic mass is 9.97. The topological polar surface area (TPSA) is 29.1 Å². The summed E-state index contributed by atoms with van der Waals surface area (Å²) in [7, 11) is 0. The molecule has 1 N–H and O–H groups in total. The summed E-state index contributed by atoms with van der Waals surface area (Å²) < 4.78 is 0. The van der Waals surface area contributed by atoms with E-state index in [4.69, 9.17) is 0 Å². The molecule has 12 heavy (non-hydrogen) atoms. The van der Waals surface area contributed by atoms with Crippen molar-refractivity contribution < 1.29 is 4.79 Å². The highest BCUT2D eigenvalue weighted by Crippen LogP contribution is 2.18. The van der Waals surface area contributed by atoms with Crippen LogP contribution in [0.4, 0.5) is 0 Å². The van der Waals surface area contributed by atoms with E-state index in [1.165, 1.54) is 0 Å². The third-order valence-electron chi connectivity index (χ3n) is 2.32. The van der Waals surface area contributed by atoms with Crippen molar-refractivity contribution in [3.63, 3.8) is 0 Å². The van der Waals surface area contributed by atoms with E-state index in [1.807, 2.05) is 19.9 Å². The molecule has 0 aromatic carbocycles. The minimum absolute atomic E-state index is 0.0231. The second-order valence-electron chi connectivity index (χ2n) is 3.50. The second kappa shape index (κ2) is 3.13. The van der Waals surface area contributed by atoms with Crippen molar-refractivity contribution in [1.29, 1.82) is 0 Å². The minimum Gasteiger partial charge on any atom is -0.344 e. The van der Waals surface area contributed by atoms with Crippen LogP contribution in [0.1, 0.15) is 26.7 Å². The smallest absolute Gasteiger partial charge is 0.247 e. The van der Waals surface area contributed by atoms with Crippen molar-refractivity contribution >= 4 is 5.91 Å². The van der Waals surface area contributed by atoms with Gasteiger partial charge in [-0.2, -0.15) is 0 Å². The fourth-order valence-corrected chi connectivity index (χ4v) is 1.25. The summed E-state index contributed by atoms with van der Waals surface area (Å²) in [5, 5.41) is 2.93. The SMILES string of the molecule is C=CC1(C)CCC=C(C)C(=O)N1. The maximum Gasteiger partial charge on any atom is 0.247 e. The zero-order valence-electron chi connectivity index (χ0n) is 7.68. The molecule has 1 amide bonds. The first-order valence-electron chi connectivity index (χ1n) is 4.20. The van der Waals surface area contributed by atoms with Gasteiger partial charge in [-0.15, -0.1) is 6.58 Å². The quantitative estimate of drug-likeness (QED) is 0.590. The van der Waals surface area contributed by atoms with E-state index in [0.717, 1.165) is 18.4 Å². The lowest BCUT2D eigenvalue weighted by molar-refractivity contribution is -0.118. The summed E-state index contributed by atoms with van der Waals surface area (Å²) in [5.41, 5.74) is 0.575. The molecule has 1 heterocycles. The average molecular weight is 165 g/mol. The van der Waals surface area contributed by atoms with Gasteiger partial charge in [0.1, 0.15) is 0 Å². The van der Waals surface area contributed by atoms with Gasteiger partial charge in [0.15, 0.2) is 0 Å². The van der Waals surface area contributed by atoms with Gasteiger partial charge in [0.25, 0.3) is 0 Å². The van der Waals surface area contributed by atoms with Gasteiger partial charge in [-0.3, -0.25) is 4.79 Å². The predicted molar refractivity (Wildman–Crippen MR) is 49.7 cm³/mol. The van der Waals surface area contributed by atoms with E-state index in [2.05, 4.69) is 11.9 Å². The van der Waals surface area contributed by atoms with Crippen molar-refractivity contribution in [3.05, 3.63) is 24.3 Å². The van der Waals surface area contributed by atoms with Crippen molar-refractivity contribution in [3.8, 4) is 0 Å². The molecule has 0 radical (unpaired) electrons. The van der Waals surface area contributed by atoms with E-state index in [9.17, 15) is 4.79 Å². The summed E-state index contributed by atoms with van der Waals surface area (Å²) in [5.74, 6) is 0.0231. The van der Waals surface area contributed by atoms with Crippen LogP contribution in [0.3, 0.4) is 0 Å². The van der Waals surface area contributed by atoms with Crippen LogP contribution < -0.4 is 5.32 Å². The molecule has 2 nitrogen and oxygen atoms in total. The molecule has 1 atom stereocenters. The zero-order valence-corrected chi connectivity index (χ0v) is 7.68. The Balaban J connectivity index is 2.81. The Labute approximate surface area is 73.4 Å². The third kappa shape index (κ3) is 1.76. The first kappa shape index (κ1) is 9.04. The fourth-order valence-electron chi connectivity index (χ4n) is 1.25. The highest BCUT2D eigenvalue weighted by molar-refractivity contribution is 5.93. The molecule has 0 spiro atoms. The second-order valence-corrected chi connectivity index (χ2v) is 3.50. The van der Waals surface area contributed by atoms with Gasteiger partial charge in [-0.1, -0.05) is 12.2 Å². The number of carbonyl (C=O) groups is 1. The Hall–Kier alpha value is -1.05. The maximum atomic E-state index is 11.4. The molecular weight excluding hydrogens is 150 g/mol. The first-order chi connectivity index (χ1) is 5.57. The Bertz CT molecular complexity index is 242. The molecule has 1 rings (SSSR count). The van der Waals surface area contributed by atoms with Gasteiger partial charge in [-0.25, -0.2) is 0 Å². The number of amides is 1. The van der Waals surface area contributed by atoms with Gasteiger partial charge in [0.05, 0.1) is 5.54 Å². The van der Waals surface area contributed by atoms with Crippen LogP contribution in [0, 0.1) is 0 Å². The minimum atomic E-state index is -0.231. The normalized spacial score (nSPS) is 30.2. The largest absolute Gasteiger partial charge is 0.344 e. The summed E-state index contributed by atoms with van der Waals surface area (Å²) in [4.78, 5) is 11.4. The number of nitrogens with one attached hydrogen (secondary N) is 1. The maximum absolute atomic E-state index is 11.4. The van der Waals surface area contributed by atoms with Crippen LogP contribution in [-0.2, 0) is 4.79 Å². The molecule has 2 heteroatoms. The fraction of sp³-hybridized carbons (Fsp3) is 0.500. The van der Waals surface area contributed by atoms with Gasteiger partial charge in [0, 0.05) is 5.57 Å². The third-order valence-corrected chi connectivity index (χ3v) is 2.32. The van der Waals surface area contributed by atoms with Crippen LogP contribution in [0.15, 0.2) is 24.3 Å². The molecule has 66 valence electrons. The van der Waals surface area contributed by atoms with E-state index < -0.39 is 0 Å². The zero-order chi connectivity index (χ0) is 9.19. The van der Waals surface area contributed by atoms with E-state index in [0.29, 0.717) is 0 Å². The lowest BCUT2D eigenvalue weighted by Gasteiger charge is -2.24. The number of hydrogen-bond donors (Lipinski definition) is 1. The number of rotatable bonds is 1. The van der Waals surface area contributed by atoms with Crippen LogP contribution in [0.5, 0.6) is 0 Å². The standard InChI is InChI=1S/C10H15NO/c1-4-10(3)7-5-6-8(2)9(12)11-10/h4,6H,1,5,7H2,2-3H3,(H,11,12). The molecule has 0 saturated heterocycles. The summed E-state index contributed by atoms with van der Waals surface area (Å²) in [6, 6.07) is 0. The summed E-state index contributed by atoms with van der Waals surface area (Å²) in [6.45, 7) is 7.55. The van der Waals surface area contributed by atoms with Crippen molar-refractivity contribution in [2.75, 3.05) is 0 Å². The Kier molecular flexibility index (Phi) is 2.36. The molecular formula is C10H15NO. The van der Waals surface area contributed by atoms with E-state index in [1.54, 1.807) is 6.08 Å². The van der Waals surface area contributed by atoms with Crippen molar-refractivity contribution in [2.45, 2.75) is 32.2 Å². The van der Waals surface area contributed by atoms with Gasteiger partial charge in [-0.05, 0) is 26.7 Å². The predicted octanol–water partition coefficient (Wildman–Crippen LogP) is 1.79. The molecule has 0 saturated carbocycles. The van der Waals surface area contributed by atoms with Gasteiger partial charge >= 0.3 is 0 Å². The average Bonchev–Trinajstić information content (AvgIpc) is 2.14. The highest BCUT2D eigenvalue weighted by atomic mass is 16.1. The molecule has 1 unspecified atom stereocenters. The number of allylic oxidation sites excluding steroid dienone is 1. The van der Waals surface area contributed by atoms with Crippen LogP contribution >= 0.6 is 0 Å². The monoisotopic (exact) mass is 165 g/mol. The Morgan fingerprint density at radius 3 is 3.00 bits per heavy atom. The molecule has 0 aromatic heterocycles. The Morgan fingerprint density at radius 1 is 1.75 bits per heavy atom. The van der Waals surface area contributed by atoms with Crippen molar-refractivity contribution in [2.24, 2.45) is 0 Å². The number of hydrogen-bond acceptors (Lipinski definition) is 1. The van der Waals surface area contributed by atoms with Crippen LogP contribution in [-0.4, -0.2) is 11.4 Å². The van der Waals surface area contributed by atoms with E-state index in [-0.39, 0.29) is 11.4 Å². The molecule has 0 fully saturated rings. The summed E-state index contributed by atoms with van der Waals surface area (Å²) >= 11 is 0. The van der Waals surface area contributed by atoms with Gasteiger partial charge < -0.3 is 5.32 Å². The molecule has 0 aliphatic carbocycles. The van der Waals surface area contributed by atoms with Gasteiger partial charge in [0.2, 0.25) is 5.91 Å². The Morgan fingerprint density at radius 2 is 2.42 bits per heavy atom. The molecule has 0 bridgehead atoms. The lowest BCUT2D eigenvalue weighted by Crippen LogP contribution is -2.43. The summed E-state index contributed by atoms with van der Waals surface area (Å²) in [6.07, 6.45) is 5.65.